The van der Waals surface area contributed by atoms with Gasteiger partial charge in [0.25, 0.3) is 5.91 Å². The summed E-state index contributed by atoms with van der Waals surface area (Å²) in [5.74, 6) is -0.881. The Balaban J connectivity index is 1.77. The van der Waals surface area contributed by atoms with Crippen LogP contribution in [0.1, 0.15) is 72.7 Å². The van der Waals surface area contributed by atoms with E-state index in [0.717, 1.165) is 41.7 Å². The lowest BCUT2D eigenvalue weighted by atomic mass is 9.89. The Labute approximate surface area is 238 Å². The van der Waals surface area contributed by atoms with Crippen LogP contribution in [-0.2, 0) is 27.3 Å². The second-order valence-corrected chi connectivity index (χ2v) is 10.5. The predicted octanol–water partition coefficient (Wildman–Crippen LogP) is 4.43. The fourth-order valence-electron chi connectivity index (χ4n) is 5.34. The molecule has 1 aliphatic carbocycles. The van der Waals surface area contributed by atoms with Crippen LogP contribution in [0.15, 0.2) is 42.5 Å². The number of carbonyl (C=O) groups excluding carboxylic acids is 3. The van der Waals surface area contributed by atoms with Crippen molar-refractivity contribution < 1.29 is 34.1 Å². The third kappa shape index (κ3) is 7.41. The Kier molecular flexibility index (Phi) is 9.59. The standard InChI is InChI=1S/C30H36N4O7/c1-33(30(40)41-2)29(39)21-10-13-25-23(17-21)32-28(34(25)18-20-6-4-3-5-7-20)24(31-26(36)14-15-27(37)38)16-19-8-11-22(35)12-9-19/h8-13,17,20,24,35H,3-7,14-16,18H2,1-2H3,(H,31,36)(H,37,38). The molecule has 1 aliphatic rings. The number of carboxylic acid groups (broad SMARTS) is 1. The number of aromatic nitrogens is 2. The van der Waals surface area contributed by atoms with E-state index in [1.165, 1.54) is 20.6 Å². The van der Waals surface area contributed by atoms with Gasteiger partial charge in [-0.3, -0.25) is 14.4 Å². The lowest BCUT2D eigenvalue weighted by molar-refractivity contribution is -0.138. The van der Waals surface area contributed by atoms with E-state index in [-0.39, 0.29) is 24.2 Å². The smallest absolute Gasteiger partial charge is 0.416 e. The van der Waals surface area contributed by atoms with Gasteiger partial charge in [0.2, 0.25) is 5.91 Å². The summed E-state index contributed by atoms with van der Waals surface area (Å²) in [6.45, 7) is 0.679. The van der Waals surface area contributed by atoms with Crippen LogP contribution in [0.5, 0.6) is 5.75 Å². The van der Waals surface area contributed by atoms with Gasteiger partial charge in [0, 0.05) is 25.6 Å². The third-order valence-electron chi connectivity index (χ3n) is 7.53. The number of aliphatic carboxylic acids is 1. The maximum atomic E-state index is 12.9. The van der Waals surface area contributed by atoms with E-state index in [9.17, 15) is 24.3 Å². The summed E-state index contributed by atoms with van der Waals surface area (Å²) in [5.41, 5.74) is 2.44. The zero-order chi connectivity index (χ0) is 29.5. The maximum absolute atomic E-state index is 12.9. The van der Waals surface area contributed by atoms with Crippen molar-refractivity contribution in [2.24, 2.45) is 5.92 Å². The number of amides is 3. The summed E-state index contributed by atoms with van der Waals surface area (Å²) in [7, 11) is 2.54. The highest BCUT2D eigenvalue weighted by atomic mass is 16.5. The molecule has 0 radical (unpaired) electrons. The molecule has 0 spiro atoms. The Bertz CT molecular complexity index is 1410. The molecular formula is C30H36N4O7. The monoisotopic (exact) mass is 564 g/mol. The number of benzene rings is 2. The summed E-state index contributed by atoms with van der Waals surface area (Å²) in [5, 5.41) is 21.8. The van der Waals surface area contributed by atoms with Crippen molar-refractivity contribution in [1.29, 1.82) is 0 Å². The normalized spacial score (nSPS) is 14.4. The first-order chi connectivity index (χ1) is 19.7. The Morgan fingerprint density at radius 2 is 1.78 bits per heavy atom. The highest BCUT2D eigenvalue weighted by Crippen LogP contribution is 2.31. The fourth-order valence-corrected chi connectivity index (χ4v) is 5.34. The van der Waals surface area contributed by atoms with Gasteiger partial charge in [-0.2, -0.15) is 0 Å². The summed E-state index contributed by atoms with van der Waals surface area (Å²) in [4.78, 5) is 54.6. The Morgan fingerprint density at radius 1 is 1.07 bits per heavy atom. The molecule has 11 heteroatoms. The minimum atomic E-state index is -1.06. The highest BCUT2D eigenvalue weighted by molar-refractivity contribution is 6.04. The molecule has 3 aromatic rings. The lowest BCUT2D eigenvalue weighted by Crippen LogP contribution is -2.32. The fraction of sp³-hybridized carbons (Fsp3) is 0.433. The number of methoxy groups -OCH3 is 1. The lowest BCUT2D eigenvalue weighted by Gasteiger charge is -2.26. The molecule has 0 aliphatic heterocycles. The number of phenolic OH excluding ortho intramolecular Hbond substituents is 1. The number of carboxylic acids is 1. The average molecular weight is 565 g/mol. The molecular weight excluding hydrogens is 528 g/mol. The number of ether oxygens (including phenoxy) is 1. The Morgan fingerprint density at radius 3 is 2.44 bits per heavy atom. The Hall–Kier alpha value is -4.41. The van der Waals surface area contributed by atoms with Gasteiger partial charge in [0.15, 0.2) is 0 Å². The molecule has 2 aromatic carbocycles. The van der Waals surface area contributed by atoms with Crippen LogP contribution in [0.25, 0.3) is 11.0 Å². The molecule has 1 aromatic heterocycles. The number of nitrogens with one attached hydrogen (secondary N) is 1. The summed E-state index contributed by atoms with van der Waals surface area (Å²) in [6.07, 6.45) is 4.75. The zero-order valence-corrected chi connectivity index (χ0v) is 23.3. The van der Waals surface area contributed by atoms with E-state index < -0.39 is 29.9 Å². The zero-order valence-electron chi connectivity index (χ0n) is 23.3. The molecule has 0 saturated heterocycles. The van der Waals surface area contributed by atoms with Crippen LogP contribution in [0.4, 0.5) is 4.79 Å². The number of carbonyl (C=O) groups is 4. The first kappa shape index (κ1) is 29.6. The number of imide groups is 1. The molecule has 1 heterocycles. The molecule has 11 nitrogen and oxygen atoms in total. The van der Waals surface area contributed by atoms with Gasteiger partial charge in [-0.05, 0) is 61.1 Å². The summed E-state index contributed by atoms with van der Waals surface area (Å²) >= 11 is 0. The first-order valence-corrected chi connectivity index (χ1v) is 13.8. The van der Waals surface area contributed by atoms with Crippen LogP contribution in [0, 0.1) is 5.92 Å². The van der Waals surface area contributed by atoms with Crippen LogP contribution in [-0.4, -0.2) is 62.7 Å². The first-order valence-electron chi connectivity index (χ1n) is 13.8. The van der Waals surface area contributed by atoms with Gasteiger partial charge in [-0.1, -0.05) is 31.4 Å². The summed E-state index contributed by atoms with van der Waals surface area (Å²) in [6, 6.07) is 11.1. The summed E-state index contributed by atoms with van der Waals surface area (Å²) < 4.78 is 6.76. The molecule has 1 atom stereocenters. The van der Waals surface area contributed by atoms with Gasteiger partial charge in [0.1, 0.15) is 11.6 Å². The van der Waals surface area contributed by atoms with Crippen molar-refractivity contribution in [3.8, 4) is 5.75 Å². The van der Waals surface area contributed by atoms with Crippen molar-refractivity contribution >= 4 is 34.9 Å². The number of nitrogens with zero attached hydrogens (tertiary/aromatic N) is 3. The molecule has 218 valence electrons. The third-order valence-corrected chi connectivity index (χ3v) is 7.53. The second-order valence-electron chi connectivity index (χ2n) is 10.5. The quantitative estimate of drug-likeness (QED) is 0.327. The molecule has 4 rings (SSSR count). The van der Waals surface area contributed by atoms with Gasteiger partial charge < -0.3 is 24.8 Å². The van der Waals surface area contributed by atoms with E-state index in [4.69, 9.17) is 10.1 Å². The molecule has 1 unspecified atom stereocenters. The van der Waals surface area contributed by atoms with Gasteiger partial charge in [0.05, 0.1) is 30.6 Å². The number of hydrogen-bond donors (Lipinski definition) is 3. The molecule has 41 heavy (non-hydrogen) atoms. The number of phenols is 1. The van der Waals surface area contributed by atoms with Crippen molar-refractivity contribution in [3.63, 3.8) is 0 Å². The maximum Gasteiger partial charge on any atom is 0.416 e. The average Bonchev–Trinajstić information content (AvgIpc) is 3.33. The van der Waals surface area contributed by atoms with E-state index in [2.05, 4.69) is 14.6 Å². The minimum absolute atomic E-state index is 0.120. The van der Waals surface area contributed by atoms with Crippen LogP contribution in [0.2, 0.25) is 0 Å². The molecule has 1 fully saturated rings. The second kappa shape index (κ2) is 13.3. The predicted molar refractivity (Wildman–Crippen MR) is 150 cm³/mol. The van der Waals surface area contributed by atoms with Crippen LogP contribution in [0.3, 0.4) is 0 Å². The van der Waals surface area contributed by atoms with E-state index in [0.29, 0.717) is 30.2 Å². The van der Waals surface area contributed by atoms with Crippen molar-refractivity contribution in [2.75, 3.05) is 14.2 Å². The van der Waals surface area contributed by atoms with Crippen LogP contribution >= 0.6 is 0 Å². The molecule has 0 bridgehead atoms. The van der Waals surface area contributed by atoms with Crippen LogP contribution < -0.4 is 5.32 Å². The molecule has 3 N–H and O–H groups in total. The molecule has 1 saturated carbocycles. The van der Waals surface area contributed by atoms with E-state index >= 15 is 0 Å². The highest BCUT2D eigenvalue weighted by Gasteiger charge is 2.27. The number of rotatable bonds is 10. The number of hydrogen-bond acceptors (Lipinski definition) is 7. The topological polar surface area (TPSA) is 151 Å². The SMILES string of the molecule is COC(=O)N(C)C(=O)c1ccc2c(c1)nc(C(Cc1ccc(O)cc1)NC(=O)CCC(=O)O)n2CC1CCCCC1. The van der Waals surface area contributed by atoms with Crippen molar-refractivity contribution in [1.82, 2.24) is 19.8 Å². The van der Waals surface area contributed by atoms with Crippen molar-refractivity contribution in [2.45, 2.75) is 64.0 Å². The number of imidazole rings is 1. The minimum Gasteiger partial charge on any atom is -0.508 e. The van der Waals surface area contributed by atoms with Gasteiger partial charge in [-0.25, -0.2) is 14.7 Å². The van der Waals surface area contributed by atoms with Crippen molar-refractivity contribution in [3.05, 3.63) is 59.4 Å². The van der Waals surface area contributed by atoms with Gasteiger partial charge >= 0.3 is 12.1 Å². The largest absolute Gasteiger partial charge is 0.508 e. The van der Waals surface area contributed by atoms with Gasteiger partial charge in [-0.15, -0.1) is 0 Å². The number of aromatic hydroxyl groups is 1. The molecule has 3 amide bonds. The number of fused-ring (bicyclic) bond motifs is 1. The van der Waals surface area contributed by atoms with E-state index in [1.54, 1.807) is 42.5 Å². The van der Waals surface area contributed by atoms with E-state index in [1.807, 2.05) is 0 Å².